The van der Waals surface area contributed by atoms with Crippen molar-refractivity contribution in [2.75, 3.05) is 13.6 Å². The van der Waals surface area contributed by atoms with Gasteiger partial charge in [-0.3, -0.25) is 4.79 Å². The van der Waals surface area contributed by atoms with Gasteiger partial charge in [-0.1, -0.05) is 11.2 Å². The molecule has 0 saturated carbocycles. The molecule has 1 aromatic carbocycles. The molecule has 0 unspecified atom stereocenters. The van der Waals surface area contributed by atoms with E-state index in [4.69, 9.17) is 13.7 Å². The van der Waals surface area contributed by atoms with E-state index >= 15 is 0 Å². The Bertz CT molecular complexity index is 851. The fourth-order valence-electron chi connectivity index (χ4n) is 2.57. The fraction of sp³-hybridized carbons (Fsp3) is 0.316. The van der Waals surface area contributed by atoms with Gasteiger partial charge < -0.3 is 18.6 Å². The minimum absolute atomic E-state index is 0.183. The maximum Gasteiger partial charge on any atom is 0.289 e. The van der Waals surface area contributed by atoms with E-state index in [2.05, 4.69) is 16.2 Å². The number of amides is 1. The van der Waals surface area contributed by atoms with Gasteiger partial charge in [-0.2, -0.15) is 4.98 Å². The minimum atomic E-state index is -0.183. The quantitative estimate of drug-likeness (QED) is 0.647. The average molecular weight is 355 g/mol. The van der Waals surface area contributed by atoms with E-state index in [0.29, 0.717) is 30.4 Å². The van der Waals surface area contributed by atoms with Crippen LogP contribution in [-0.4, -0.2) is 34.5 Å². The van der Waals surface area contributed by atoms with E-state index in [9.17, 15) is 4.79 Å². The molecule has 26 heavy (non-hydrogen) atoms. The van der Waals surface area contributed by atoms with Crippen LogP contribution in [0.1, 0.15) is 33.4 Å². The first kappa shape index (κ1) is 17.7. The summed E-state index contributed by atoms with van der Waals surface area (Å²) in [6, 6.07) is 9.31. The van der Waals surface area contributed by atoms with Crippen molar-refractivity contribution in [2.45, 2.75) is 26.9 Å². The molecule has 0 aliphatic heterocycles. The van der Waals surface area contributed by atoms with E-state index in [1.54, 1.807) is 24.1 Å². The van der Waals surface area contributed by atoms with Crippen LogP contribution in [0.15, 0.2) is 45.5 Å². The van der Waals surface area contributed by atoms with Crippen LogP contribution in [-0.2, 0) is 13.0 Å². The number of carbonyl (C=O) groups excluding carboxylic acids is 1. The monoisotopic (exact) mass is 355 g/mol. The third kappa shape index (κ3) is 4.50. The van der Waals surface area contributed by atoms with Crippen LogP contribution in [0.25, 0.3) is 0 Å². The number of hydrogen-bond donors (Lipinski definition) is 0. The summed E-state index contributed by atoms with van der Waals surface area (Å²) in [6.07, 6.45) is 1.96. The zero-order valence-corrected chi connectivity index (χ0v) is 15.1. The molecule has 0 aliphatic carbocycles. The van der Waals surface area contributed by atoms with Crippen molar-refractivity contribution in [1.29, 1.82) is 0 Å². The summed E-state index contributed by atoms with van der Waals surface area (Å²) >= 11 is 0. The summed E-state index contributed by atoms with van der Waals surface area (Å²) in [4.78, 5) is 18.0. The lowest BCUT2D eigenvalue weighted by Crippen LogP contribution is -2.28. The molecule has 7 nitrogen and oxygen atoms in total. The molecule has 0 atom stereocenters. The van der Waals surface area contributed by atoms with Crippen molar-refractivity contribution in [1.82, 2.24) is 15.0 Å². The molecule has 136 valence electrons. The largest absolute Gasteiger partial charge is 0.484 e. The lowest BCUT2D eigenvalue weighted by molar-refractivity contribution is 0.0764. The van der Waals surface area contributed by atoms with E-state index < -0.39 is 0 Å². The van der Waals surface area contributed by atoms with Gasteiger partial charge in [-0.15, -0.1) is 0 Å². The van der Waals surface area contributed by atoms with Crippen LogP contribution in [0.2, 0.25) is 0 Å². The SMILES string of the molecule is Cc1cc(C)cc(OCc2nc(CCN(C)C(=O)c3ccco3)no2)c1. The molecule has 1 amide bonds. The van der Waals surface area contributed by atoms with Gasteiger partial charge in [0.05, 0.1) is 6.26 Å². The Kier molecular flexibility index (Phi) is 5.36. The molecule has 7 heteroatoms. The number of aromatic nitrogens is 2. The second-order valence-electron chi connectivity index (χ2n) is 6.17. The Labute approximate surface area is 151 Å². The topological polar surface area (TPSA) is 81.6 Å². The summed E-state index contributed by atoms with van der Waals surface area (Å²) < 4.78 is 16.0. The third-order valence-corrected chi connectivity index (χ3v) is 3.82. The molecule has 0 N–H and O–H groups in total. The van der Waals surface area contributed by atoms with Crippen LogP contribution in [0.3, 0.4) is 0 Å². The number of ether oxygens (including phenoxy) is 1. The summed E-state index contributed by atoms with van der Waals surface area (Å²) in [5, 5.41) is 3.93. The van der Waals surface area contributed by atoms with Crippen molar-refractivity contribution < 1.29 is 18.5 Å². The zero-order valence-electron chi connectivity index (χ0n) is 15.1. The normalized spacial score (nSPS) is 10.7. The summed E-state index contributed by atoms with van der Waals surface area (Å²) in [7, 11) is 1.70. The van der Waals surface area contributed by atoms with Crippen molar-refractivity contribution >= 4 is 5.91 Å². The van der Waals surface area contributed by atoms with Crippen molar-refractivity contribution in [3.8, 4) is 5.75 Å². The first-order chi connectivity index (χ1) is 12.5. The maximum atomic E-state index is 12.1. The maximum absolute atomic E-state index is 12.1. The second kappa shape index (κ2) is 7.86. The van der Waals surface area contributed by atoms with E-state index in [1.807, 2.05) is 26.0 Å². The van der Waals surface area contributed by atoms with Gasteiger partial charge in [0.25, 0.3) is 11.8 Å². The summed E-state index contributed by atoms with van der Waals surface area (Å²) in [5.41, 5.74) is 2.27. The lowest BCUT2D eigenvalue weighted by atomic mass is 10.1. The Hall–Kier alpha value is -3.09. The van der Waals surface area contributed by atoms with Crippen molar-refractivity contribution in [3.05, 3.63) is 65.2 Å². The highest BCUT2D eigenvalue weighted by Gasteiger charge is 2.15. The van der Waals surface area contributed by atoms with Crippen LogP contribution in [0.5, 0.6) is 5.75 Å². The molecule has 0 radical (unpaired) electrons. The predicted molar refractivity (Wildman–Crippen MR) is 93.9 cm³/mol. The zero-order chi connectivity index (χ0) is 18.5. The van der Waals surface area contributed by atoms with Crippen LogP contribution >= 0.6 is 0 Å². The Morgan fingerprint density at radius 1 is 1.23 bits per heavy atom. The van der Waals surface area contributed by atoms with Crippen molar-refractivity contribution in [2.24, 2.45) is 0 Å². The van der Waals surface area contributed by atoms with Gasteiger partial charge in [-0.25, -0.2) is 0 Å². The molecule has 0 bridgehead atoms. The van der Waals surface area contributed by atoms with Crippen LogP contribution < -0.4 is 4.74 Å². The van der Waals surface area contributed by atoms with Crippen LogP contribution in [0, 0.1) is 13.8 Å². The number of aryl methyl sites for hydroxylation is 2. The van der Waals surface area contributed by atoms with E-state index in [-0.39, 0.29) is 12.5 Å². The number of nitrogens with zero attached hydrogens (tertiary/aromatic N) is 3. The Morgan fingerprint density at radius 3 is 2.69 bits per heavy atom. The standard InChI is InChI=1S/C19H21N3O4/c1-13-9-14(2)11-15(10-13)25-12-18-20-17(21-26-18)6-7-22(3)19(23)16-5-4-8-24-16/h4-5,8-11H,6-7,12H2,1-3H3. The average Bonchev–Trinajstić information content (AvgIpc) is 3.28. The molecule has 3 aromatic rings. The summed E-state index contributed by atoms with van der Waals surface area (Å²) in [5.74, 6) is 1.83. The molecule has 0 aliphatic rings. The smallest absolute Gasteiger partial charge is 0.289 e. The lowest BCUT2D eigenvalue weighted by Gasteiger charge is -2.14. The number of furan rings is 1. The molecule has 3 rings (SSSR count). The number of rotatable bonds is 7. The number of benzene rings is 1. The first-order valence-corrected chi connectivity index (χ1v) is 8.33. The molecular formula is C19H21N3O4. The van der Waals surface area contributed by atoms with E-state index in [1.165, 1.54) is 6.26 Å². The first-order valence-electron chi connectivity index (χ1n) is 8.33. The highest BCUT2D eigenvalue weighted by Crippen LogP contribution is 2.17. The highest BCUT2D eigenvalue weighted by atomic mass is 16.5. The number of hydrogen-bond acceptors (Lipinski definition) is 6. The number of likely N-dealkylation sites (N-methyl/N-ethyl adjacent to an activating group) is 1. The van der Waals surface area contributed by atoms with Gasteiger partial charge >= 0.3 is 0 Å². The predicted octanol–water partition coefficient (Wildman–Crippen LogP) is 3.17. The Balaban J connectivity index is 1.50. The fourth-order valence-corrected chi connectivity index (χ4v) is 2.57. The molecule has 0 spiro atoms. The molecule has 2 heterocycles. The van der Waals surface area contributed by atoms with Gasteiger partial charge in [0.1, 0.15) is 5.75 Å². The Morgan fingerprint density at radius 2 is 2.00 bits per heavy atom. The molecule has 2 aromatic heterocycles. The van der Waals surface area contributed by atoms with Crippen molar-refractivity contribution in [3.63, 3.8) is 0 Å². The second-order valence-corrected chi connectivity index (χ2v) is 6.17. The molecular weight excluding hydrogens is 334 g/mol. The third-order valence-electron chi connectivity index (χ3n) is 3.82. The van der Waals surface area contributed by atoms with Crippen LogP contribution in [0.4, 0.5) is 0 Å². The van der Waals surface area contributed by atoms with Gasteiger partial charge in [0.15, 0.2) is 18.2 Å². The molecule has 0 saturated heterocycles. The minimum Gasteiger partial charge on any atom is -0.484 e. The van der Waals surface area contributed by atoms with Gasteiger partial charge in [0, 0.05) is 20.0 Å². The highest BCUT2D eigenvalue weighted by molar-refractivity contribution is 5.91. The van der Waals surface area contributed by atoms with Gasteiger partial charge in [-0.05, 0) is 49.2 Å². The van der Waals surface area contributed by atoms with E-state index in [0.717, 1.165) is 16.9 Å². The summed E-state index contributed by atoms with van der Waals surface area (Å²) in [6.45, 7) is 4.70. The van der Waals surface area contributed by atoms with Gasteiger partial charge in [0.2, 0.25) is 0 Å². The number of carbonyl (C=O) groups is 1. The molecule has 0 fully saturated rings.